The summed E-state index contributed by atoms with van der Waals surface area (Å²) < 4.78 is 0. The Morgan fingerprint density at radius 1 is 1.29 bits per heavy atom. The lowest BCUT2D eigenvalue weighted by Gasteiger charge is -2.13. The van der Waals surface area contributed by atoms with Crippen LogP contribution in [0.5, 0.6) is 0 Å². The third-order valence-electron chi connectivity index (χ3n) is 2.65. The van der Waals surface area contributed by atoms with Crippen LogP contribution in [0.3, 0.4) is 0 Å². The van der Waals surface area contributed by atoms with Gasteiger partial charge in [0.15, 0.2) is 0 Å². The maximum atomic E-state index is 4.14. The molecule has 0 nitrogen and oxygen atoms in total. The molecule has 0 aliphatic heterocycles. The van der Waals surface area contributed by atoms with Crippen molar-refractivity contribution < 1.29 is 0 Å². The van der Waals surface area contributed by atoms with Crippen molar-refractivity contribution in [3.63, 3.8) is 0 Å². The van der Waals surface area contributed by atoms with Gasteiger partial charge in [-0.25, -0.2) is 0 Å². The first-order valence-electron chi connectivity index (χ1n) is 5.45. The minimum absolute atomic E-state index is 0.609. The molecule has 0 heterocycles. The third kappa shape index (κ3) is 3.37. The van der Waals surface area contributed by atoms with Gasteiger partial charge in [0, 0.05) is 0 Å². The molecule has 1 rings (SSSR count). The Balaban J connectivity index is 2.49. The predicted octanol–water partition coefficient (Wildman–Crippen LogP) is 4.22. The van der Waals surface area contributed by atoms with E-state index in [0.717, 1.165) is 12.8 Å². The highest BCUT2D eigenvalue weighted by atomic mass is 14.1. The minimum Gasteiger partial charge on any atom is -0.0996 e. The van der Waals surface area contributed by atoms with Crippen LogP contribution in [0.15, 0.2) is 42.5 Å². The van der Waals surface area contributed by atoms with E-state index < -0.39 is 0 Å². The highest BCUT2D eigenvalue weighted by Crippen LogP contribution is 2.18. The molecule has 76 valence electrons. The summed E-state index contributed by atoms with van der Waals surface area (Å²) in [6.07, 6.45) is 3.49. The fourth-order valence-corrected chi connectivity index (χ4v) is 1.68. The van der Waals surface area contributed by atoms with E-state index >= 15 is 0 Å². The molecule has 0 spiro atoms. The first-order valence-corrected chi connectivity index (χ1v) is 5.45. The number of benzene rings is 1. The van der Waals surface area contributed by atoms with Gasteiger partial charge < -0.3 is 0 Å². The van der Waals surface area contributed by atoms with Gasteiger partial charge in [-0.2, -0.15) is 0 Å². The second-order valence-electron chi connectivity index (χ2n) is 4.00. The van der Waals surface area contributed by atoms with Crippen LogP contribution in [0.4, 0.5) is 0 Å². The van der Waals surface area contributed by atoms with Gasteiger partial charge in [-0.05, 0) is 24.3 Å². The van der Waals surface area contributed by atoms with E-state index in [2.05, 4.69) is 50.8 Å². The Kier molecular flexibility index (Phi) is 4.45. The van der Waals surface area contributed by atoms with Crippen molar-refractivity contribution in [2.24, 2.45) is 5.92 Å². The van der Waals surface area contributed by atoms with Gasteiger partial charge in [0.25, 0.3) is 0 Å². The second kappa shape index (κ2) is 5.64. The molecule has 0 heteroatoms. The van der Waals surface area contributed by atoms with E-state index in [4.69, 9.17) is 0 Å². The average Bonchev–Trinajstić information content (AvgIpc) is 2.19. The largest absolute Gasteiger partial charge is 0.0996 e. The van der Waals surface area contributed by atoms with Crippen molar-refractivity contribution in [2.75, 3.05) is 0 Å². The van der Waals surface area contributed by atoms with Gasteiger partial charge in [-0.15, -0.1) is 0 Å². The van der Waals surface area contributed by atoms with E-state index in [-0.39, 0.29) is 0 Å². The maximum Gasteiger partial charge on any atom is -0.0194 e. The summed E-state index contributed by atoms with van der Waals surface area (Å²) in [5.74, 6) is 0.609. The lowest BCUT2D eigenvalue weighted by atomic mass is 9.92. The van der Waals surface area contributed by atoms with E-state index in [1.165, 1.54) is 17.6 Å². The minimum atomic E-state index is 0.609. The predicted molar refractivity (Wildman–Crippen MR) is 63.4 cm³/mol. The fraction of sp³-hybridized carbons (Fsp3) is 0.429. The van der Waals surface area contributed by atoms with Gasteiger partial charge in [-0.3, -0.25) is 0 Å². The Morgan fingerprint density at radius 2 is 1.93 bits per heavy atom. The Hall–Kier alpha value is -1.04. The maximum absolute atomic E-state index is 4.14. The average molecular weight is 188 g/mol. The summed E-state index contributed by atoms with van der Waals surface area (Å²) in [7, 11) is 0. The normalized spacial score (nSPS) is 12.4. The van der Waals surface area contributed by atoms with Crippen LogP contribution in [0.2, 0.25) is 0 Å². The number of rotatable bonds is 5. The molecule has 0 amide bonds. The highest BCUT2D eigenvalue weighted by Gasteiger charge is 2.06. The van der Waals surface area contributed by atoms with Crippen molar-refractivity contribution in [1.82, 2.24) is 0 Å². The van der Waals surface area contributed by atoms with Crippen LogP contribution in [-0.2, 0) is 6.42 Å². The molecule has 0 radical (unpaired) electrons. The quantitative estimate of drug-likeness (QED) is 0.607. The summed E-state index contributed by atoms with van der Waals surface area (Å²) in [6.45, 7) is 8.62. The smallest absolute Gasteiger partial charge is 0.0194 e. The molecule has 0 aliphatic rings. The number of allylic oxidation sites excluding steroid dienone is 1. The zero-order valence-corrected chi connectivity index (χ0v) is 9.29. The molecule has 0 N–H and O–H groups in total. The van der Waals surface area contributed by atoms with Crippen LogP contribution < -0.4 is 0 Å². The highest BCUT2D eigenvalue weighted by molar-refractivity contribution is 5.17. The van der Waals surface area contributed by atoms with Crippen molar-refractivity contribution in [1.29, 1.82) is 0 Å². The summed E-state index contributed by atoms with van der Waals surface area (Å²) >= 11 is 0. The van der Waals surface area contributed by atoms with Crippen LogP contribution in [0.25, 0.3) is 0 Å². The molecule has 0 saturated carbocycles. The zero-order valence-electron chi connectivity index (χ0n) is 9.29. The standard InChI is InChI=1S/C14H20/c1-4-8-12(2)13(3)11-14-9-6-5-7-10-14/h5-7,9-10,13H,2,4,8,11H2,1,3H3. The number of hydrogen-bond donors (Lipinski definition) is 0. The lowest BCUT2D eigenvalue weighted by Crippen LogP contribution is -2.02. The van der Waals surface area contributed by atoms with Crippen molar-refractivity contribution in [2.45, 2.75) is 33.1 Å². The topological polar surface area (TPSA) is 0 Å². The molecule has 0 saturated heterocycles. The SMILES string of the molecule is C=C(CCC)C(C)Cc1ccccc1. The molecule has 1 unspecified atom stereocenters. The molecule has 0 aliphatic carbocycles. The molecule has 0 bridgehead atoms. The van der Waals surface area contributed by atoms with E-state index in [9.17, 15) is 0 Å². The molecule has 14 heavy (non-hydrogen) atoms. The summed E-state index contributed by atoms with van der Waals surface area (Å²) in [6, 6.07) is 10.6. The first-order chi connectivity index (χ1) is 6.74. The zero-order chi connectivity index (χ0) is 10.4. The third-order valence-corrected chi connectivity index (χ3v) is 2.65. The van der Waals surface area contributed by atoms with Crippen molar-refractivity contribution in [3.8, 4) is 0 Å². The van der Waals surface area contributed by atoms with Gasteiger partial charge in [-0.1, -0.05) is 62.8 Å². The summed E-state index contributed by atoms with van der Waals surface area (Å²) in [5, 5.41) is 0. The molecule has 0 fully saturated rings. The molecule has 1 aromatic carbocycles. The van der Waals surface area contributed by atoms with Gasteiger partial charge in [0.2, 0.25) is 0 Å². The van der Waals surface area contributed by atoms with Gasteiger partial charge in [0.1, 0.15) is 0 Å². The first kappa shape index (κ1) is 11.0. The summed E-state index contributed by atoms with van der Waals surface area (Å²) in [5.41, 5.74) is 2.80. The van der Waals surface area contributed by atoms with Crippen LogP contribution >= 0.6 is 0 Å². The molecule has 1 atom stereocenters. The van der Waals surface area contributed by atoms with Gasteiger partial charge in [0.05, 0.1) is 0 Å². The second-order valence-corrected chi connectivity index (χ2v) is 4.00. The molecular weight excluding hydrogens is 168 g/mol. The lowest BCUT2D eigenvalue weighted by molar-refractivity contribution is 0.639. The Morgan fingerprint density at radius 3 is 2.50 bits per heavy atom. The molecule has 0 aromatic heterocycles. The van der Waals surface area contributed by atoms with Gasteiger partial charge >= 0.3 is 0 Å². The monoisotopic (exact) mass is 188 g/mol. The summed E-state index contributed by atoms with van der Waals surface area (Å²) in [4.78, 5) is 0. The van der Waals surface area contributed by atoms with Crippen LogP contribution in [0, 0.1) is 5.92 Å². The van der Waals surface area contributed by atoms with Crippen LogP contribution in [0.1, 0.15) is 32.3 Å². The van der Waals surface area contributed by atoms with E-state index in [1.54, 1.807) is 0 Å². The molecule has 1 aromatic rings. The Bertz CT molecular complexity index is 271. The van der Waals surface area contributed by atoms with Crippen molar-refractivity contribution >= 4 is 0 Å². The van der Waals surface area contributed by atoms with E-state index in [1.807, 2.05) is 0 Å². The van der Waals surface area contributed by atoms with E-state index in [0.29, 0.717) is 5.92 Å². The van der Waals surface area contributed by atoms with Crippen molar-refractivity contribution in [3.05, 3.63) is 48.0 Å². The Labute approximate surface area is 87.7 Å². The van der Waals surface area contributed by atoms with Crippen LogP contribution in [-0.4, -0.2) is 0 Å². The fourth-order valence-electron chi connectivity index (χ4n) is 1.68. The number of hydrogen-bond acceptors (Lipinski definition) is 0. The molecular formula is C14H20.